The number of rotatable bonds is 2. The van der Waals surface area contributed by atoms with Gasteiger partial charge in [0, 0.05) is 0 Å². The van der Waals surface area contributed by atoms with Crippen molar-refractivity contribution in [2.45, 2.75) is 33.5 Å². The Hall–Kier alpha value is 1.13. The third kappa shape index (κ3) is 15.6. The van der Waals surface area contributed by atoms with Crippen LogP contribution in [0.3, 0.4) is 0 Å². The quantitative estimate of drug-likeness (QED) is 0.252. The molecule has 0 aliphatic heterocycles. The Morgan fingerprint density at radius 1 is 0.714 bits per heavy atom. The van der Waals surface area contributed by atoms with Gasteiger partial charge in [-0.05, 0) is 25.7 Å². The molecule has 0 atom stereocenters. The second-order valence-electron chi connectivity index (χ2n) is 3.43. The monoisotopic (exact) mass is 444 g/mol. The van der Waals surface area contributed by atoms with Crippen LogP contribution in [0.15, 0.2) is 0 Å². The standard InChI is InChI=1S/C6H10I.6FH.Sb/c1-2-5(1)7-6-3-4-6;;;;;;;/h5-6H,1-4H2;6*1H;/q+1;;;;;;;+5/p-6. The molecular weight excluding hydrogens is 435 g/mol. The van der Waals surface area contributed by atoms with Crippen LogP contribution in [-0.2, 0) is 0 Å². The average Bonchev–Trinajstić information content (AvgIpc) is 2.52. The molecule has 0 saturated heterocycles. The van der Waals surface area contributed by atoms with Gasteiger partial charge in [0.05, 0.1) is 0 Å². The summed E-state index contributed by atoms with van der Waals surface area (Å²) in [4.78, 5) is 0. The van der Waals surface area contributed by atoms with Gasteiger partial charge in [0.15, 0.2) is 7.85 Å². The van der Waals surface area contributed by atoms with Crippen LogP contribution < -0.4 is 21.2 Å². The Balaban J connectivity index is 0.000000140. The summed E-state index contributed by atoms with van der Waals surface area (Å²) in [6, 6.07) is 0. The molecule has 0 amide bonds. The molecule has 2 rings (SSSR count). The van der Waals surface area contributed by atoms with Crippen LogP contribution >= 0.6 is 0 Å². The first kappa shape index (κ1) is 13.2. The van der Waals surface area contributed by atoms with Gasteiger partial charge in [-0.2, -0.15) is 0 Å². The third-order valence-corrected chi connectivity index (χ3v) is 5.90. The summed E-state index contributed by atoms with van der Waals surface area (Å²) in [5.74, 6) is 0. The van der Waals surface area contributed by atoms with Crippen LogP contribution in [0.2, 0.25) is 0 Å². The van der Waals surface area contributed by atoms with E-state index in [-0.39, 0.29) is 0 Å². The number of hydrogen-bond acceptors (Lipinski definition) is 0. The van der Waals surface area contributed by atoms with Crippen LogP contribution in [0.1, 0.15) is 25.7 Å². The van der Waals surface area contributed by atoms with Crippen LogP contribution in [0, 0.1) is 0 Å². The maximum atomic E-state index is 9.93. The van der Waals surface area contributed by atoms with Gasteiger partial charge in [-0.3, -0.25) is 0 Å². The van der Waals surface area contributed by atoms with Crippen molar-refractivity contribution in [3.63, 3.8) is 0 Å². The van der Waals surface area contributed by atoms with Gasteiger partial charge >= 0.3 is 36.4 Å². The summed E-state index contributed by atoms with van der Waals surface area (Å²) in [5.41, 5.74) is 0. The van der Waals surface area contributed by atoms with Gasteiger partial charge in [-0.25, -0.2) is 0 Å². The molecule has 14 heavy (non-hydrogen) atoms. The predicted octanol–water partition coefficient (Wildman–Crippen LogP) is 0.541. The van der Waals surface area contributed by atoms with Gasteiger partial charge in [0.25, 0.3) is 21.2 Å². The van der Waals surface area contributed by atoms with Gasteiger partial charge in [0.2, 0.25) is 0 Å². The normalized spacial score (nSPS) is 27.0. The summed E-state index contributed by atoms with van der Waals surface area (Å²) in [6.07, 6.45) is 6.40. The fraction of sp³-hybridized carbons (Fsp3) is 1.00. The molecule has 2 fully saturated rings. The van der Waals surface area contributed by atoms with Gasteiger partial charge in [-0.15, -0.1) is 0 Å². The maximum absolute atomic E-state index is 11.2. The van der Waals surface area contributed by atoms with E-state index in [9.17, 15) is 16.9 Å². The molecule has 2 saturated carbocycles. The van der Waals surface area contributed by atoms with Gasteiger partial charge in [-0.1, -0.05) is 0 Å². The average molecular weight is 445 g/mol. The predicted molar refractivity (Wildman–Crippen MR) is 38.4 cm³/mol. The van der Waals surface area contributed by atoms with Crippen molar-refractivity contribution in [3.05, 3.63) is 0 Å². The van der Waals surface area contributed by atoms with E-state index >= 15 is 0 Å². The van der Waals surface area contributed by atoms with Crippen LogP contribution in [0.5, 0.6) is 0 Å². The Bertz CT molecular complexity index is 190. The Morgan fingerprint density at radius 2 is 0.929 bits per heavy atom. The molecule has 0 aromatic carbocycles. The van der Waals surface area contributed by atoms with Crippen molar-refractivity contribution in [2.24, 2.45) is 0 Å². The molecule has 88 valence electrons. The minimum absolute atomic E-state index is 0.728. The molecule has 0 N–H and O–H groups in total. The van der Waals surface area contributed by atoms with Crippen LogP contribution in [-0.4, -0.2) is 27.3 Å². The van der Waals surface area contributed by atoms with Crippen molar-refractivity contribution in [1.29, 1.82) is 0 Å². The SMILES string of the molecule is C1CC1[I+]C1CC1.[F][Sb-]([F])([F])([F])([F])[F]. The third-order valence-electron chi connectivity index (χ3n) is 1.37. The molecule has 0 aromatic rings. The second-order valence-corrected chi connectivity index (χ2v) is 13.1. The minimum atomic E-state index is -11.2. The Labute approximate surface area is 90.6 Å². The first-order chi connectivity index (χ1) is 5.90. The van der Waals surface area contributed by atoms with E-state index in [0.29, 0.717) is 0 Å². The van der Waals surface area contributed by atoms with E-state index in [2.05, 4.69) is 0 Å². The van der Waals surface area contributed by atoms with E-state index in [4.69, 9.17) is 0 Å². The van der Waals surface area contributed by atoms with Crippen molar-refractivity contribution in [2.75, 3.05) is 0 Å². The zero-order valence-electron chi connectivity index (χ0n) is 7.08. The van der Waals surface area contributed by atoms with E-state index in [1.807, 2.05) is 0 Å². The molecule has 8 heteroatoms. The molecule has 0 heterocycles. The number of hydrogen-bond donors (Lipinski definition) is 0. The van der Waals surface area contributed by atoms with Crippen LogP contribution in [0.25, 0.3) is 0 Å². The molecule has 0 bridgehead atoms. The Kier molecular flexibility index (Phi) is 3.12. The zero-order chi connectivity index (χ0) is 11.1. The van der Waals surface area contributed by atoms with Crippen LogP contribution in [0.4, 0.5) is 16.9 Å². The summed E-state index contributed by atoms with van der Waals surface area (Å²) in [5, 5.41) is 0. The molecule has 0 aromatic heterocycles. The number of halogens is 7. The van der Waals surface area contributed by atoms with Crippen molar-refractivity contribution < 1.29 is 38.1 Å². The van der Waals surface area contributed by atoms with Gasteiger partial charge < -0.3 is 0 Å². The van der Waals surface area contributed by atoms with E-state index < -0.39 is 19.5 Å². The fourth-order valence-corrected chi connectivity index (χ4v) is 4.23. The Morgan fingerprint density at radius 3 is 1.07 bits per heavy atom. The summed E-state index contributed by atoms with van der Waals surface area (Å²) in [6.45, 7) is 0. The zero-order valence-corrected chi connectivity index (χ0v) is 11.8. The fourth-order valence-electron chi connectivity index (χ4n) is 0.630. The first-order valence-electron chi connectivity index (χ1n) is 4.08. The topological polar surface area (TPSA) is 0 Å². The van der Waals surface area contributed by atoms with E-state index in [1.165, 1.54) is 7.85 Å². The summed E-state index contributed by atoms with van der Waals surface area (Å²) in [7, 11) is 0. The second kappa shape index (κ2) is 3.31. The first-order valence-corrected chi connectivity index (χ1v) is 12.4. The molecular formula is C6H10F6ISb. The summed E-state index contributed by atoms with van der Waals surface area (Å²) >= 11 is -10.5. The molecule has 2 aliphatic rings. The van der Waals surface area contributed by atoms with Crippen molar-refractivity contribution in [1.82, 2.24) is 0 Å². The van der Waals surface area contributed by atoms with Gasteiger partial charge in [0.1, 0.15) is 0 Å². The van der Waals surface area contributed by atoms with Crippen molar-refractivity contribution in [3.8, 4) is 0 Å². The molecule has 2 aliphatic carbocycles. The molecule has 0 radical (unpaired) electrons. The number of alkyl halides is 2. The molecule has 0 nitrogen and oxygen atoms in total. The summed E-state index contributed by atoms with van der Waals surface area (Å²) < 4.78 is 62.1. The van der Waals surface area contributed by atoms with Crippen molar-refractivity contribution >= 4 is 19.5 Å². The molecule has 0 unspecified atom stereocenters. The van der Waals surface area contributed by atoms with E-state index in [1.54, 1.807) is 25.7 Å². The van der Waals surface area contributed by atoms with E-state index in [0.717, 1.165) is 21.2 Å². The molecule has 0 spiro atoms.